The predicted octanol–water partition coefficient (Wildman–Crippen LogP) is 5.06. The third kappa shape index (κ3) is 6.87. The Bertz CT molecular complexity index is 1570. The molecule has 4 aromatic rings. The van der Waals surface area contributed by atoms with Crippen molar-refractivity contribution in [3.8, 4) is 0 Å². The molecule has 1 aliphatic rings. The lowest BCUT2D eigenvalue weighted by Gasteiger charge is -2.20. The highest BCUT2D eigenvalue weighted by Gasteiger charge is 2.28. The number of aromatic nitrogens is 4. The molecule has 44 heavy (non-hydrogen) atoms. The molecule has 0 radical (unpaired) electrons. The van der Waals surface area contributed by atoms with Crippen LogP contribution in [-0.4, -0.2) is 43.6 Å². The van der Waals surface area contributed by atoms with Crippen LogP contribution in [0.3, 0.4) is 0 Å². The number of carbonyl (C=O) groups excluding carboxylic acids is 4. The second-order valence-corrected chi connectivity index (χ2v) is 14.6. The monoisotopic (exact) mass is 672 g/mol. The van der Waals surface area contributed by atoms with Gasteiger partial charge in [0.15, 0.2) is 0 Å². The number of rotatable bonds is 2. The fourth-order valence-corrected chi connectivity index (χ4v) is 8.03. The number of carbonyl (C=O) groups is 4. The SMILES string of the molecule is CC(C)[C@@H]1NC(=O)c2csc(n2)[C@H](C)NC(=O)c2csc(n2)[C@H](C(C)C)NC(=O)c2csc(n2)[C@H](C)NC(=O)c2csc1n2. The van der Waals surface area contributed by atoms with Gasteiger partial charge in [-0.05, 0) is 25.7 Å². The molecule has 232 valence electrons. The lowest BCUT2D eigenvalue weighted by Crippen LogP contribution is -2.33. The number of hydrogen-bond donors (Lipinski definition) is 4. The van der Waals surface area contributed by atoms with Crippen LogP contribution in [0.25, 0.3) is 0 Å². The molecule has 8 bridgehead atoms. The van der Waals surface area contributed by atoms with Crippen molar-refractivity contribution in [3.63, 3.8) is 0 Å². The van der Waals surface area contributed by atoms with Gasteiger partial charge in [0.05, 0.1) is 24.2 Å². The van der Waals surface area contributed by atoms with E-state index in [1.165, 1.54) is 45.3 Å². The number of nitrogens with zero attached hydrogens (tertiary/aromatic N) is 4. The van der Waals surface area contributed by atoms with E-state index in [0.717, 1.165) is 0 Å². The molecule has 12 nitrogen and oxygen atoms in total. The number of hydrogen-bond acceptors (Lipinski definition) is 12. The summed E-state index contributed by atoms with van der Waals surface area (Å²) in [5, 5.41) is 20.7. The summed E-state index contributed by atoms with van der Waals surface area (Å²) in [4.78, 5) is 70.6. The first-order valence-corrected chi connectivity index (χ1v) is 17.5. The molecular formula is C28H32N8O4S4. The lowest BCUT2D eigenvalue weighted by molar-refractivity contribution is 0.0913. The van der Waals surface area contributed by atoms with Gasteiger partial charge in [-0.15, -0.1) is 45.3 Å². The van der Waals surface area contributed by atoms with Crippen molar-refractivity contribution < 1.29 is 19.2 Å². The summed E-state index contributed by atoms with van der Waals surface area (Å²) < 4.78 is 0. The zero-order chi connectivity index (χ0) is 31.7. The van der Waals surface area contributed by atoms with Gasteiger partial charge in [-0.3, -0.25) is 19.2 Å². The Balaban J connectivity index is 1.48. The van der Waals surface area contributed by atoms with Gasteiger partial charge in [-0.1, -0.05) is 27.7 Å². The summed E-state index contributed by atoms with van der Waals surface area (Å²) in [6.07, 6.45) is 0. The molecular weight excluding hydrogens is 641 g/mol. The van der Waals surface area contributed by atoms with Gasteiger partial charge < -0.3 is 21.3 Å². The minimum Gasteiger partial charge on any atom is -0.342 e. The van der Waals surface area contributed by atoms with Crippen molar-refractivity contribution in [2.75, 3.05) is 0 Å². The molecule has 4 amide bonds. The quantitative estimate of drug-likeness (QED) is 0.229. The number of amides is 4. The molecule has 5 heterocycles. The summed E-state index contributed by atoms with van der Waals surface area (Å²) in [5.74, 6) is -1.56. The van der Waals surface area contributed by atoms with Crippen molar-refractivity contribution in [2.24, 2.45) is 11.8 Å². The summed E-state index contributed by atoms with van der Waals surface area (Å²) in [7, 11) is 0. The summed E-state index contributed by atoms with van der Waals surface area (Å²) >= 11 is 5.11. The van der Waals surface area contributed by atoms with Crippen LogP contribution in [0.2, 0.25) is 0 Å². The molecule has 4 atom stereocenters. The van der Waals surface area contributed by atoms with E-state index in [1.54, 1.807) is 35.4 Å². The Morgan fingerprint density at radius 2 is 0.773 bits per heavy atom. The van der Waals surface area contributed by atoms with E-state index < -0.39 is 24.2 Å². The predicted molar refractivity (Wildman–Crippen MR) is 170 cm³/mol. The van der Waals surface area contributed by atoms with Gasteiger partial charge in [0.1, 0.15) is 42.8 Å². The third-order valence-electron chi connectivity index (χ3n) is 6.89. The van der Waals surface area contributed by atoms with Gasteiger partial charge in [-0.25, -0.2) is 19.9 Å². The van der Waals surface area contributed by atoms with E-state index in [9.17, 15) is 19.2 Å². The number of thiazole rings is 4. The summed E-state index contributed by atoms with van der Waals surface area (Å²) in [6, 6.07) is -1.86. The molecule has 0 fully saturated rings. The van der Waals surface area contributed by atoms with Crippen LogP contribution in [0, 0.1) is 11.8 Å². The topological polar surface area (TPSA) is 168 Å². The Morgan fingerprint density at radius 3 is 1.09 bits per heavy atom. The molecule has 0 aromatic carbocycles. The summed E-state index contributed by atoms with van der Waals surface area (Å²) in [5.41, 5.74) is 0.903. The lowest BCUT2D eigenvalue weighted by atomic mass is 10.1. The molecule has 1 aliphatic heterocycles. The second kappa shape index (κ2) is 13.2. The first-order chi connectivity index (χ1) is 20.9. The molecule has 5 rings (SSSR count). The maximum absolute atomic E-state index is 13.2. The fourth-order valence-electron chi connectivity index (χ4n) is 4.37. The first-order valence-electron chi connectivity index (χ1n) is 14.0. The molecule has 0 saturated heterocycles. The van der Waals surface area contributed by atoms with Crippen LogP contribution < -0.4 is 21.3 Å². The van der Waals surface area contributed by atoms with Crippen molar-refractivity contribution in [1.82, 2.24) is 41.2 Å². The average molecular weight is 673 g/mol. The molecule has 0 spiro atoms. The third-order valence-corrected chi connectivity index (χ3v) is 10.8. The second-order valence-electron chi connectivity index (χ2n) is 11.1. The average Bonchev–Trinajstić information content (AvgIpc) is 3.79. The Kier molecular flexibility index (Phi) is 9.53. The largest absolute Gasteiger partial charge is 0.342 e. The Hall–Kier alpha value is -3.60. The highest BCUT2D eigenvalue weighted by Crippen LogP contribution is 2.29. The zero-order valence-corrected chi connectivity index (χ0v) is 28.1. The maximum Gasteiger partial charge on any atom is 0.271 e. The van der Waals surface area contributed by atoms with E-state index >= 15 is 0 Å². The maximum atomic E-state index is 13.2. The molecule has 4 N–H and O–H groups in total. The van der Waals surface area contributed by atoms with Crippen LogP contribution in [0.5, 0.6) is 0 Å². The highest BCUT2D eigenvalue weighted by molar-refractivity contribution is 7.10. The van der Waals surface area contributed by atoms with Crippen molar-refractivity contribution >= 4 is 69.0 Å². The molecule has 16 heteroatoms. The fraction of sp³-hybridized carbons (Fsp3) is 0.429. The Morgan fingerprint density at radius 1 is 0.500 bits per heavy atom. The highest BCUT2D eigenvalue weighted by atomic mass is 32.1. The zero-order valence-electron chi connectivity index (χ0n) is 24.8. The van der Waals surface area contributed by atoms with Crippen molar-refractivity contribution in [1.29, 1.82) is 0 Å². The van der Waals surface area contributed by atoms with Gasteiger partial charge in [0.2, 0.25) is 0 Å². The van der Waals surface area contributed by atoms with Crippen LogP contribution in [-0.2, 0) is 0 Å². The van der Waals surface area contributed by atoms with E-state index in [4.69, 9.17) is 0 Å². The van der Waals surface area contributed by atoms with Crippen molar-refractivity contribution in [3.05, 3.63) is 64.3 Å². The van der Waals surface area contributed by atoms with E-state index in [0.29, 0.717) is 20.0 Å². The standard InChI is InChI=1S/C28H32N8O4S4/c1-11(2)19-27-33-15(9-43-27)21(37)29-14(6)26-32-18(8-42-26)24(40)36-20(12(3)4)28-34-16(10-44-28)22(38)30-13(5)25-31-17(7-41-25)23(39)35-19/h7-14,19-20H,1-6H3,(H,29,37)(H,30,38)(H,35,39)(H,36,40)/t13-,14-,19-,20-/m0/s1. The van der Waals surface area contributed by atoms with E-state index in [-0.39, 0.29) is 58.2 Å². The van der Waals surface area contributed by atoms with Crippen LogP contribution >= 0.6 is 45.3 Å². The normalized spacial score (nSPS) is 21.8. The minimum absolute atomic E-state index is 0.0204. The summed E-state index contributed by atoms with van der Waals surface area (Å²) in [6.45, 7) is 11.4. The molecule has 0 aliphatic carbocycles. The van der Waals surface area contributed by atoms with E-state index in [2.05, 4.69) is 41.2 Å². The minimum atomic E-state index is -0.479. The Labute approximate surface area is 270 Å². The van der Waals surface area contributed by atoms with Crippen molar-refractivity contribution in [2.45, 2.75) is 65.7 Å². The smallest absolute Gasteiger partial charge is 0.271 e. The molecule has 0 saturated carbocycles. The molecule has 0 unspecified atom stereocenters. The van der Waals surface area contributed by atoms with Gasteiger partial charge in [0, 0.05) is 21.5 Å². The van der Waals surface area contributed by atoms with E-state index in [1.807, 2.05) is 27.7 Å². The van der Waals surface area contributed by atoms with Crippen LogP contribution in [0.1, 0.15) is 128 Å². The number of fused-ring (bicyclic) bond motifs is 8. The first kappa shape index (κ1) is 31.8. The van der Waals surface area contributed by atoms with Crippen LogP contribution in [0.4, 0.5) is 0 Å². The van der Waals surface area contributed by atoms with Gasteiger partial charge >= 0.3 is 0 Å². The molecule has 4 aromatic heterocycles. The van der Waals surface area contributed by atoms with Gasteiger partial charge in [-0.2, -0.15) is 0 Å². The van der Waals surface area contributed by atoms with Crippen LogP contribution in [0.15, 0.2) is 21.5 Å². The van der Waals surface area contributed by atoms with Gasteiger partial charge in [0.25, 0.3) is 23.6 Å². The number of nitrogens with one attached hydrogen (secondary N) is 4.